The highest BCUT2D eigenvalue weighted by molar-refractivity contribution is 7.80. The zero-order chi connectivity index (χ0) is 22.1. The molecular formula is C26H24N4OS. The Bertz CT molecular complexity index is 1240. The number of aromatic nitrogens is 2. The molecule has 0 radical (unpaired) electrons. The van der Waals surface area contributed by atoms with Crippen molar-refractivity contribution in [3.8, 4) is 11.4 Å². The second-order valence-electron chi connectivity index (χ2n) is 7.74. The van der Waals surface area contributed by atoms with Gasteiger partial charge >= 0.3 is 0 Å². The number of benzene rings is 2. The molecule has 1 aliphatic rings. The summed E-state index contributed by atoms with van der Waals surface area (Å²) in [5.74, 6) is 0.776. The van der Waals surface area contributed by atoms with Gasteiger partial charge in [0.1, 0.15) is 11.8 Å². The van der Waals surface area contributed by atoms with Crippen LogP contribution in [0.15, 0.2) is 91.1 Å². The van der Waals surface area contributed by atoms with Crippen LogP contribution in [0.4, 0.5) is 5.69 Å². The first kappa shape index (κ1) is 20.3. The minimum Gasteiger partial charge on any atom is -0.495 e. The Hall–Kier alpha value is -3.64. The highest BCUT2D eigenvalue weighted by atomic mass is 32.1. The molecule has 2 aromatic carbocycles. The monoisotopic (exact) mass is 440 g/mol. The molecule has 0 aliphatic carbocycles. The number of nitrogens with one attached hydrogen (secondary N) is 1. The molecule has 5 rings (SSSR count). The predicted molar refractivity (Wildman–Crippen MR) is 131 cm³/mol. The quantitative estimate of drug-likeness (QED) is 0.423. The SMILES string of the molecule is COc1ccccc1N1C(=S)NC(c2ccccn2)C1c1ccc(C)n1-c1ccccc1. The Balaban J connectivity index is 1.72. The zero-order valence-corrected chi connectivity index (χ0v) is 18.8. The molecule has 2 unspecified atom stereocenters. The molecule has 1 fully saturated rings. The number of hydrogen-bond donors (Lipinski definition) is 1. The van der Waals surface area contributed by atoms with Crippen LogP contribution in [0, 0.1) is 6.92 Å². The van der Waals surface area contributed by atoms with Crippen LogP contribution >= 0.6 is 12.2 Å². The van der Waals surface area contributed by atoms with Gasteiger partial charge in [-0.2, -0.15) is 0 Å². The average Bonchev–Trinajstić information content (AvgIpc) is 3.39. The van der Waals surface area contributed by atoms with Crippen molar-refractivity contribution in [1.29, 1.82) is 0 Å². The van der Waals surface area contributed by atoms with Crippen LogP contribution in [0.3, 0.4) is 0 Å². The van der Waals surface area contributed by atoms with Gasteiger partial charge < -0.3 is 19.5 Å². The van der Waals surface area contributed by atoms with Crippen LogP contribution in [0.25, 0.3) is 5.69 Å². The fourth-order valence-electron chi connectivity index (χ4n) is 4.46. The van der Waals surface area contributed by atoms with E-state index in [1.165, 1.54) is 0 Å². The molecule has 4 aromatic rings. The van der Waals surface area contributed by atoms with Crippen LogP contribution in [0.5, 0.6) is 5.75 Å². The summed E-state index contributed by atoms with van der Waals surface area (Å²) in [6, 6.07) is 28.5. The normalized spacial score (nSPS) is 17.9. The molecule has 160 valence electrons. The lowest BCUT2D eigenvalue weighted by Crippen LogP contribution is -2.30. The average molecular weight is 441 g/mol. The molecule has 0 bridgehead atoms. The Morgan fingerprint density at radius 3 is 2.41 bits per heavy atom. The number of pyridine rings is 1. The summed E-state index contributed by atoms with van der Waals surface area (Å²) in [6.45, 7) is 2.13. The Labute approximate surface area is 193 Å². The molecule has 2 atom stereocenters. The molecular weight excluding hydrogens is 416 g/mol. The number of nitrogens with zero attached hydrogens (tertiary/aromatic N) is 3. The summed E-state index contributed by atoms with van der Waals surface area (Å²) in [4.78, 5) is 6.82. The zero-order valence-electron chi connectivity index (χ0n) is 18.0. The fourth-order valence-corrected chi connectivity index (χ4v) is 4.80. The number of para-hydroxylation sites is 3. The van der Waals surface area contributed by atoms with E-state index >= 15 is 0 Å². The smallest absolute Gasteiger partial charge is 0.174 e. The van der Waals surface area contributed by atoms with Crippen molar-refractivity contribution < 1.29 is 4.74 Å². The van der Waals surface area contributed by atoms with Gasteiger partial charge in [0, 0.05) is 23.3 Å². The van der Waals surface area contributed by atoms with Crippen molar-refractivity contribution in [2.24, 2.45) is 0 Å². The van der Waals surface area contributed by atoms with Crippen molar-refractivity contribution in [2.45, 2.75) is 19.0 Å². The highest BCUT2D eigenvalue weighted by Gasteiger charge is 2.43. The first-order valence-electron chi connectivity index (χ1n) is 10.6. The minimum absolute atomic E-state index is 0.120. The standard InChI is InChI=1S/C26H24N4OS/c1-18-15-16-22(29(18)19-10-4-3-5-11-19)25-24(20-12-8-9-17-27-20)28-26(32)30(25)21-13-6-7-14-23(21)31-2/h3-17,24-25H,1-2H3,(H,28,32). The minimum atomic E-state index is -0.123. The van der Waals surface area contributed by atoms with E-state index in [0.717, 1.165) is 34.2 Å². The molecule has 0 amide bonds. The van der Waals surface area contributed by atoms with Crippen LogP contribution < -0.4 is 15.0 Å². The maximum atomic E-state index is 5.87. The molecule has 5 nitrogen and oxygen atoms in total. The lowest BCUT2D eigenvalue weighted by atomic mass is 10.0. The molecule has 2 aromatic heterocycles. The Kier molecular flexibility index (Phi) is 5.37. The van der Waals surface area contributed by atoms with Crippen LogP contribution in [-0.4, -0.2) is 21.8 Å². The largest absolute Gasteiger partial charge is 0.495 e. The molecule has 0 saturated carbocycles. The number of rotatable bonds is 5. The number of ether oxygens (including phenoxy) is 1. The molecule has 32 heavy (non-hydrogen) atoms. The number of aryl methyl sites for hydroxylation is 1. The first-order valence-corrected chi connectivity index (χ1v) is 11.0. The Morgan fingerprint density at radius 2 is 1.66 bits per heavy atom. The number of methoxy groups -OCH3 is 1. The second-order valence-corrected chi connectivity index (χ2v) is 8.13. The lowest BCUT2D eigenvalue weighted by molar-refractivity contribution is 0.414. The van der Waals surface area contributed by atoms with E-state index in [0.29, 0.717) is 5.11 Å². The third kappa shape index (κ3) is 3.42. The third-order valence-electron chi connectivity index (χ3n) is 5.87. The summed E-state index contributed by atoms with van der Waals surface area (Å²) < 4.78 is 7.99. The molecule has 3 heterocycles. The van der Waals surface area contributed by atoms with E-state index in [1.54, 1.807) is 7.11 Å². The Morgan fingerprint density at radius 1 is 0.906 bits per heavy atom. The van der Waals surface area contributed by atoms with Gasteiger partial charge in [-0.25, -0.2) is 0 Å². The lowest BCUT2D eigenvalue weighted by Gasteiger charge is -2.30. The molecule has 1 aliphatic heterocycles. The number of hydrogen-bond acceptors (Lipinski definition) is 3. The number of anilines is 1. The number of thiocarbonyl (C=S) groups is 1. The van der Waals surface area contributed by atoms with Gasteiger partial charge in [0.05, 0.1) is 24.5 Å². The van der Waals surface area contributed by atoms with Crippen molar-refractivity contribution in [2.75, 3.05) is 12.0 Å². The van der Waals surface area contributed by atoms with E-state index in [1.807, 2.05) is 54.7 Å². The summed E-state index contributed by atoms with van der Waals surface area (Å²) in [6.07, 6.45) is 1.82. The van der Waals surface area contributed by atoms with Gasteiger partial charge in [0.25, 0.3) is 0 Å². The molecule has 0 spiro atoms. The van der Waals surface area contributed by atoms with Gasteiger partial charge in [-0.15, -0.1) is 0 Å². The van der Waals surface area contributed by atoms with Crippen LogP contribution in [0.1, 0.15) is 29.2 Å². The van der Waals surface area contributed by atoms with Crippen molar-refractivity contribution in [1.82, 2.24) is 14.9 Å². The van der Waals surface area contributed by atoms with Gasteiger partial charge in [0.15, 0.2) is 5.11 Å². The highest BCUT2D eigenvalue weighted by Crippen LogP contribution is 2.45. The first-order chi connectivity index (χ1) is 15.7. The van der Waals surface area contributed by atoms with Gasteiger partial charge in [0.2, 0.25) is 0 Å². The third-order valence-corrected chi connectivity index (χ3v) is 6.18. The van der Waals surface area contributed by atoms with E-state index < -0.39 is 0 Å². The summed E-state index contributed by atoms with van der Waals surface area (Å²) >= 11 is 5.87. The molecule has 6 heteroatoms. The summed E-state index contributed by atoms with van der Waals surface area (Å²) in [5.41, 5.74) is 5.26. The van der Waals surface area contributed by atoms with Crippen molar-refractivity contribution in [3.05, 3.63) is 108 Å². The molecule has 1 saturated heterocycles. The maximum Gasteiger partial charge on any atom is 0.174 e. The topological polar surface area (TPSA) is 42.3 Å². The summed E-state index contributed by atoms with van der Waals surface area (Å²) in [7, 11) is 1.69. The van der Waals surface area contributed by atoms with E-state index in [4.69, 9.17) is 17.0 Å². The summed E-state index contributed by atoms with van der Waals surface area (Å²) in [5, 5.41) is 4.18. The van der Waals surface area contributed by atoms with Gasteiger partial charge in [-0.1, -0.05) is 36.4 Å². The van der Waals surface area contributed by atoms with Gasteiger partial charge in [-0.05, 0) is 67.7 Å². The molecule has 1 N–H and O–H groups in total. The van der Waals surface area contributed by atoms with Crippen LogP contribution in [0.2, 0.25) is 0 Å². The second kappa shape index (κ2) is 8.48. The van der Waals surface area contributed by atoms with Gasteiger partial charge in [-0.3, -0.25) is 4.98 Å². The van der Waals surface area contributed by atoms with Crippen molar-refractivity contribution >= 4 is 23.0 Å². The van der Waals surface area contributed by atoms with E-state index in [2.05, 4.69) is 63.1 Å². The van der Waals surface area contributed by atoms with Crippen LogP contribution in [-0.2, 0) is 0 Å². The van der Waals surface area contributed by atoms with E-state index in [-0.39, 0.29) is 12.1 Å². The van der Waals surface area contributed by atoms with Crippen molar-refractivity contribution in [3.63, 3.8) is 0 Å². The van der Waals surface area contributed by atoms with E-state index in [9.17, 15) is 0 Å². The fraction of sp³-hybridized carbons (Fsp3) is 0.154. The predicted octanol–water partition coefficient (Wildman–Crippen LogP) is 5.37. The maximum absolute atomic E-state index is 5.87.